The third-order valence-electron chi connectivity index (χ3n) is 16.9. The predicted octanol–water partition coefficient (Wildman–Crippen LogP) is 24.2. The number of amides is 2. The van der Waals surface area contributed by atoms with Crippen molar-refractivity contribution in [2.45, 2.75) is 267 Å². The number of aliphatic hydroxyl groups is 2. The third kappa shape index (κ3) is 52.0. The molecule has 0 aliphatic carbocycles. The number of ether oxygens (including phenoxy) is 8. The molecule has 0 fully saturated rings. The Morgan fingerprint density at radius 3 is 0.866 bits per heavy atom. The minimum absolute atomic E-state index is 0. The second-order valence-corrected chi connectivity index (χ2v) is 40.9. The highest BCUT2D eigenvalue weighted by molar-refractivity contribution is 7.78. The number of nitrogens with one attached hydrogen (secondary N) is 6. The van der Waals surface area contributed by atoms with E-state index in [0.717, 1.165) is 28.1 Å². The summed E-state index contributed by atoms with van der Waals surface area (Å²) >= 11 is 42.3. The number of thiocarbonyl (C=S) groups is 1. The standard InChI is InChI=1S/C25H32Cl2N2O4.C21H24Cl2N2O2S.C20H24Cl2N2O2.C11H23NO3.C10H18O5.C6H15NO.CH4.ClH.H2/c1-24(2,3)20(15-28-23(31)33-25(4,5)6)32-21(30)14-16-10-7-8-13-19(16)29-22-17(26)11-9-12-18(22)27;1-21(2,3)18(12-24-13-28)27-19(26)11-14-7-4-5-10-17(14)25-20-15(22)8-6-9-16(20)23;1-20(2,3)17(12-23)26-18(25)11-13-7-4-5-10-16(13)24-19-14(21)8-6-9-15(19)22;1-10(2,3)8(13)7-12-9(14)15-11(4,5)6;1-9(2,3)14-7(11)13-8(12)15-10(4,5)6;1-6(2,3)5(8)4-7;;;/h7-13,20,29H,14-15H2,1-6H3,(H,28,31);4-10,13,18,25H,11-12H2,1-3H3,(H,24,28);4-10,17,24H,11-12,23H2,1-3H3;8,13H,7H2,1-6H3,(H,12,14);1-6H3;5,8H,4,7H2,1-3H3;1H4;2*1H. The van der Waals surface area contributed by atoms with E-state index in [4.69, 9.17) is 132 Å². The lowest BCUT2D eigenvalue weighted by Gasteiger charge is -2.31. The van der Waals surface area contributed by atoms with Crippen LogP contribution in [0.3, 0.4) is 0 Å². The molecule has 33 heteroatoms. The van der Waals surface area contributed by atoms with Gasteiger partial charge in [0.1, 0.15) is 40.7 Å². The van der Waals surface area contributed by atoms with Crippen LogP contribution in [0.25, 0.3) is 0 Å². The summed E-state index contributed by atoms with van der Waals surface area (Å²) in [6.45, 7) is 51.7. The molecular weight excluding hydrogens is 1790 g/mol. The number of hydrogen-bond acceptors (Lipinski definition) is 23. The van der Waals surface area contributed by atoms with Crippen LogP contribution in [-0.4, -0.2) is 144 Å². The number of carbonyl (C=O) groups excluding carboxylic acids is 7. The maximum absolute atomic E-state index is 12.8. The van der Waals surface area contributed by atoms with Crippen molar-refractivity contribution in [1.29, 1.82) is 0 Å². The van der Waals surface area contributed by atoms with Crippen molar-refractivity contribution in [3.05, 3.63) is 174 Å². The summed E-state index contributed by atoms with van der Waals surface area (Å²) in [5, 5.41) is 39.5. The lowest BCUT2D eigenvalue weighted by Crippen LogP contribution is -2.44. The molecule has 716 valence electrons. The lowest BCUT2D eigenvalue weighted by molar-refractivity contribution is -0.154. The Morgan fingerprint density at radius 2 is 0.630 bits per heavy atom. The van der Waals surface area contributed by atoms with E-state index in [-0.39, 0.29) is 112 Å². The topological polar surface area (TPSA) is 358 Å². The van der Waals surface area contributed by atoms with Crippen LogP contribution in [-0.2, 0) is 71.5 Å². The number of benzene rings is 6. The molecule has 5 atom stereocenters. The molecule has 6 rings (SSSR count). The zero-order chi connectivity index (χ0) is 96.2. The Bertz CT molecular complexity index is 4330. The smallest absolute Gasteiger partial charge is 0.460 e. The predicted molar refractivity (Wildman–Crippen MR) is 526 cm³/mol. The number of alkyl carbamates (subject to hydrolysis) is 2. The minimum atomic E-state index is -1.06. The van der Waals surface area contributed by atoms with Gasteiger partial charge < -0.3 is 91.5 Å². The van der Waals surface area contributed by atoms with Crippen molar-refractivity contribution in [2.24, 2.45) is 38.5 Å². The Hall–Kier alpha value is -7.83. The molecule has 0 saturated carbocycles. The number of para-hydroxylation sites is 6. The molecule has 25 nitrogen and oxygen atoms in total. The molecule has 0 bridgehead atoms. The molecule has 0 radical (unpaired) electrons. The van der Waals surface area contributed by atoms with Crippen LogP contribution in [0.1, 0.15) is 212 Å². The summed E-state index contributed by atoms with van der Waals surface area (Å²) in [6.07, 6.45) is -5.04. The SMILES string of the molecule is C.CC(C)(C)C(CN)OC(=O)Cc1ccccc1Nc1c(Cl)cccc1Cl.CC(C)(C)C(CNC=S)OC(=O)Cc1ccccc1Nc1c(Cl)cccc1Cl.CC(C)(C)C(O)CN.CC(C)(C)OC(=O)NCC(O)C(C)(C)C.CC(C)(C)OC(=O)NCC(OC(=O)Cc1ccccc1Nc1c(Cl)cccc1Cl)C(C)(C)C.CC(C)(C)OC(=O)OC(=O)OC(C)(C)C.Cl.[HH]. The average molecular weight is 1940 g/mol. The van der Waals surface area contributed by atoms with E-state index < -0.39 is 70.5 Å². The molecular formula is C94H143Cl7N8O17S. The quantitative estimate of drug-likeness (QED) is 0.0116. The van der Waals surface area contributed by atoms with Crippen LogP contribution in [0.4, 0.5) is 53.3 Å². The number of nitrogens with two attached hydrogens (primary N) is 2. The summed E-state index contributed by atoms with van der Waals surface area (Å²) in [7, 11) is 0. The van der Waals surface area contributed by atoms with Gasteiger partial charge in [0.05, 0.1) is 97.2 Å². The number of hydrogen-bond donors (Lipinski definition) is 10. The second kappa shape index (κ2) is 55.4. The number of anilines is 6. The number of carbonyl (C=O) groups is 7. The van der Waals surface area contributed by atoms with Crippen molar-refractivity contribution in [3.63, 3.8) is 0 Å². The van der Waals surface area contributed by atoms with Gasteiger partial charge in [0.2, 0.25) is 0 Å². The van der Waals surface area contributed by atoms with Gasteiger partial charge >= 0.3 is 42.4 Å². The van der Waals surface area contributed by atoms with Gasteiger partial charge in [-0.1, -0.05) is 266 Å². The third-order valence-corrected chi connectivity index (χ3v) is 18.9. The van der Waals surface area contributed by atoms with Crippen LogP contribution in [0.15, 0.2) is 127 Å². The van der Waals surface area contributed by atoms with E-state index in [2.05, 4.69) is 36.6 Å². The minimum Gasteiger partial charge on any atom is -0.460 e. The summed E-state index contributed by atoms with van der Waals surface area (Å²) in [6, 6.07) is 38.1. The van der Waals surface area contributed by atoms with Crippen molar-refractivity contribution in [3.8, 4) is 0 Å². The van der Waals surface area contributed by atoms with Gasteiger partial charge in [0, 0.05) is 54.4 Å². The van der Waals surface area contributed by atoms with Crippen molar-refractivity contribution < 1.29 is 83.1 Å². The molecule has 0 aromatic heterocycles. The van der Waals surface area contributed by atoms with Crippen molar-refractivity contribution in [1.82, 2.24) is 16.0 Å². The first-order valence-electron chi connectivity index (χ1n) is 40.7. The molecule has 0 saturated heterocycles. The summed E-state index contributed by atoms with van der Waals surface area (Å²) in [5.74, 6) is -1.05. The number of rotatable bonds is 24. The molecule has 0 heterocycles. The van der Waals surface area contributed by atoms with Crippen LogP contribution in [0, 0.1) is 27.1 Å². The zero-order valence-electron chi connectivity index (χ0n) is 78.0. The van der Waals surface area contributed by atoms with Crippen LogP contribution >= 0.6 is 94.2 Å². The molecule has 0 aliphatic heterocycles. The Labute approximate surface area is 797 Å². The maximum Gasteiger partial charge on any atom is 0.519 e. The molecule has 127 heavy (non-hydrogen) atoms. The Kier molecular flexibility index (Phi) is 52.8. The Balaban J connectivity index is -0.00000152. The normalized spacial score (nSPS) is 12.7. The van der Waals surface area contributed by atoms with Gasteiger partial charge in [-0.2, -0.15) is 0 Å². The fourth-order valence-corrected chi connectivity index (χ4v) is 11.3. The van der Waals surface area contributed by atoms with Crippen LogP contribution in [0.2, 0.25) is 30.1 Å². The van der Waals surface area contributed by atoms with Gasteiger partial charge in [-0.3, -0.25) is 14.4 Å². The van der Waals surface area contributed by atoms with E-state index in [1.165, 1.54) is 5.49 Å². The van der Waals surface area contributed by atoms with E-state index in [9.17, 15) is 38.7 Å². The van der Waals surface area contributed by atoms with E-state index in [1.54, 1.807) is 138 Å². The summed E-state index contributed by atoms with van der Waals surface area (Å²) < 4.78 is 41.2. The summed E-state index contributed by atoms with van der Waals surface area (Å²) in [5.41, 5.74) is 15.0. The molecule has 0 aliphatic rings. The molecule has 0 spiro atoms. The van der Waals surface area contributed by atoms with E-state index >= 15 is 0 Å². The van der Waals surface area contributed by atoms with E-state index in [0.29, 0.717) is 66.0 Å². The first kappa shape index (κ1) is 121. The second-order valence-electron chi connectivity index (χ2n) is 38.3. The van der Waals surface area contributed by atoms with Crippen molar-refractivity contribution in [2.75, 3.05) is 48.7 Å². The number of aliphatic hydroxyl groups excluding tert-OH is 2. The summed E-state index contributed by atoms with van der Waals surface area (Å²) in [4.78, 5) is 83.2. The zero-order valence-corrected chi connectivity index (χ0v) is 84.2. The van der Waals surface area contributed by atoms with Gasteiger partial charge in [-0.05, 0) is 165 Å². The number of halogens is 7. The van der Waals surface area contributed by atoms with Crippen molar-refractivity contribution >= 4 is 176 Å². The molecule has 2 amide bonds. The lowest BCUT2D eigenvalue weighted by atomic mass is 9.89. The van der Waals surface area contributed by atoms with E-state index in [1.807, 2.05) is 177 Å². The average Bonchev–Trinajstić information content (AvgIpc) is 0.837. The highest BCUT2D eigenvalue weighted by atomic mass is 35.5. The Morgan fingerprint density at radius 1 is 0.370 bits per heavy atom. The first-order valence-corrected chi connectivity index (χ1v) is 43.4. The van der Waals surface area contributed by atoms with Gasteiger partial charge in [0.15, 0.2) is 0 Å². The highest BCUT2D eigenvalue weighted by Gasteiger charge is 2.33. The van der Waals surface area contributed by atoms with Gasteiger partial charge in [0.25, 0.3) is 0 Å². The highest BCUT2D eigenvalue weighted by Crippen LogP contribution is 2.38. The van der Waals surface area contributed by atoms with Gasteiger partial charge in [-0.15, -0.1) is 12.4 Å². The monoisotopic (exact) mass is 1930 g/mol. The van der Waals surface area contributed by atoms with Crippen LogP contribution < -0.4 is 43.4 Å². The van der Waals surface area contributed by atoms with Gasteiger partial charge in [-0.25, -0.2) is 19.2 Å². The molecule has 6 aromatic rings. The number of esters is 3. The molecule has 6 aromatic carbocycles. The fraction of sp³-hybridized carbons (Fsp3) is 0.532. The maximum atomic E-state index is 12.8. The molecule has 5 unspecified atom stereocenters. The van der Waals surface area contributed by atoms with Crippen LogP contribution in [0.5, 0.6) is 0 Å². The first-order chi connectivity index (χ1) is 57.2. The molecule has 12 N–H and O–H groups in total. The fourth-order valence-electron chi connectivity index (χ4n) is 9.75. The largest absolute Gasteiger partial charge is 0.519 e.